The fourth-order valence-corrected chi connectivity index (χ4v) is 2.25. The molecule has 96 valence electrons. The zero-order valence-electron chi connectivity index (χ0n) is 10.4. The highest BCUT2D eigenvalue weighted by atomic mass is 35.5. The molecule has 0 radical (unpaired) electrons. The van der Waals surface area contributed by atoms with Crippen LogP contribution < -0.4 is 5.73 Å². The molecule has 3 nitrogen and oxygen atoms in total. The maximum absolute atomic E-state index is 5.89. The van der Waals surface area contributed by atoms with Gasteiger partial charge in [-0.1, -0.05) is 17.7 Å². The first-order valence-corrected chi connectivity index (χ1v) is 6.59. The molecule has 19 heavy (non-hydrogen) atoms. The Morgan fingerprint density at radius 3 is 2.63 bits per heavy atom. The monoisotopic (exact) mass is 271 g/mol. The van der Waals surface area contributed by atoms with E-state index in [2.05, 4.69) is 22.1 Å². The number of halogens is 1. The number of nitrogens with zero attached hydrogens (tertiary/aromatic N) is 1. The number of hydrogen-bond donors (Lipinski definition) is 2. The van der Waals surface area contributed by atoms with Crippen LogP contribution >= 0.6 is 11.6 Å². The van der Waals surface area contributed by atoms with Crippen molar-refractivity contribution in [2.75, 3.05) is 6.54 Å². The van der Waals surface area contributed by atoms with Gasteiger partial charge in [-0.05, 0) is 54.9 Å². The molecule has 3 rings (SSSR count). The highest BCUT2D eigenvalue weighted by Gasteiger charge is 2.05. The highest BCUT2D eigenvalue weighted by Crippen LogP contribution is 2.22. The van der Waals surface area contributed by atoms with E-state index in [9.17, 15) is 0 Å². The molecule has 0 aliphatic heterocycles. The topological polar surface area (TPSA) is 54.7 Å². The van der Waals surface area contributed by atoms with E-state index >= 15 is 0 Å². The normalized spacial score (nSPS) is 11.1. The van der Waals surface area contributed by atoms with Gasteiger partial charge in [-0.25, -0.2) is 4.98 Å². The highest BCUT2D eigenvalue weighted by molar-refractivity contribution is 6.30. The number of fused-ring (bicyclic) bond motifs is 1. The van der Waals surface area contributed by atoms with Gasteiger partial charge in [-0.3, -0.25) is 0 Å². The van der Waals surface area contributed by atoms with Crippen LogP contribution in [0.4, 0.5) is 0 Å². The minimum atomic E-state index is 0.656. The van der Waals surface area contributed by atoms with Crippen LogP contribution in [0.1, 0.15) is 5.56 Å². The summed E-state index contributed by atoms with van der Waals surface area (Å²) in [6.07, 6.45) is 0.880. The van der Waals surface area contributed by atoms with Crippen LogP contribution in [-0.2, 0) is 6.42 Å². The molecule has 0 amide bonds. The van der Waals surface area contributed by atoms with Gasteiger partial charge in [-0.15, -0.1) is 0 Å². The Bertz CT molecular complexity index is 701. The van der Waals surface area contributed by atoms with E-state index in [1.54, 1.807) is 0 Å². The first kappa shape index (κ1) is 12.2. The van der Waals surface area contributed by atoms with Crippen LogP contribution in [0.5, 0.6) is 0 Å². The van der Waals surface area contributed by atoms with E-state index < -0.39 is 0 Å². The lowest BCUT2D eigenvalue weighted by atomic mass is 10.1. The third-order valence-electron chi connectivity index (χ3n) is 3.10. The largest absolute Gasteiger partial charge is 0.338 e. The molecular formula is C15H14ClN3. The molecule has 3 N–H and O–H groups in total. The van der Waals surface area contributed by atoms with Crippen molar-refractivity contribution in [3.63, 3.8) is 0 Å². The Labute approximate surface area is 116 Å². The summed E-state index contributed by atoms with van der Waals surface area (Å²) in [7, 11) is 0. The summed E-state index contributed by atoms with van der Waals surface area (Å²) in [4.78, 5) is 7.92. The van der Waals surface area contributed by atoms with Crippen molar-refractivity contribution in [3.05, 3.63) is 53.1 Å². The Balaban J connectivity index is 2.03. The third kappa shape index (κ3) is 2.48. The summed E-state index contributed by atoms with van der Waals surface area (Å²) in [5, 5.41) is 0.727. The van der Waals surface area contributed by atoms with Crippen LogP contribution in [0, 0.1) is 0 Å². The lowest BCUT2D eigenvalue weighted by Crippen LogP contribution is -2.02. The number of rotatable bonds is 3. The molecule has 1 aromatic heterocycles. The molecule has 4 heteroatoms. The van der Waals surface area contributed by atoms with Gasteiger partial charge < -0.3 is 10.7 Å². The summed E-state index contributed by atoms with van der Waals surface area (Å²) in [5.41, 5.74) is 9.83. The second kappa shape index (κ2) is 5.03. The SMILES string of the molecule is NCCc1ccc2nc(-c3ccc(Cl)cc3)[nH]c2c1. The number of aromatic amines is 1. The van der Waals surface area contributed by atoms with Crippen molar-refractivity contribution in [3.8, 4) is 11.4 Å². The van der Waals surface area contributed by atoms with Gasteiger partial charge in [0.25, 0.3) is 0 Å². The maximum Gasteiger partial charge on any atom is 0.138 e. The van der Waals surface area contributed by atoms with Gasteiger partial charge in [0.1, 0.15) is 5.82 Å². The Morgan fingerprint density at radius 2 is 1.89 bits per heavy atom. The number of hydrogen-bond acceptors (Lipinski definition) is 2. The number of nitrogens with two attached hydrogens (primary N) is 1. The van der Waals surface area contributed by atoms with E-state index in [1.807, 2.05) is 30.3 Å². The Kier molecular flexibility index (Phi) is 3.23. The van der Waals surface area contributed by atoms with E-state index in [0.29, 0.717) is 6.54 Å². The summed E-state index contributed by atoms with van der Waals surface area (Å²) < 4.78 is 0. The van der Waals surface area contributed by atoms with Crippen molar-refractivity contribution >= 4 is 22.6 Å². The quantitative estimate of drug-likeness (QED) is 0.767. The lowest BCUT2D eigenvalue weighted by Gasteiger charge is -1.97. The summed E-state index contributed by atoms with van der Waals surface area (Å²) in [6, 6.07) is 13.8. The number of aromatic nitrogens is 2. The smallest absolute Gasteiger partial charge is 0.138 e. The molecule has 0 aliphatic rings. The Hall–Kier alpha value is -1.84. The molecule has 0 atom stereocenters. The number of nitrogens with one attached hydrogen (secondary N) is 1. The van der Waals surface area contributed by atoms with Crippen LogP contribution in [0.15, 0.2) is 42.5 Å². The second-order valence-corrected chi connectivity index (χ2v) is 4.92. The third-order valence-corrected chi connectivity index (χ3v) is 3.35. The van der Waals surface area contributed by atoms with Crippen LogP contribution in [0.3, 0.4) is 0 Å². The zero-order valence-corrected chi connectivity index (χ0v) is 11.1. The zero-order chi connectivity index (χ0) is 13.2. The van der Waals surface area contributed by atoms with Crippen LogP contribution in [-0.4, -0.2) is 16.5 Å². The van der Waals surface area contributed by atoms with Crippen molar-refractivity contribution in [2.45, 2.75) is 6.42 Å². The Morgan fingerprint density at radius 1 is 1.11 bits per heavy atom. The molecule has 0 aliphatic carbocycles. The summed E-state index contributed by atoms with van der Waals surface area (Å²) in [6.45, 7) is 0.656. The summed E-state index contributed by atoms with van der Waals surface area (Å²) >= 11 is 5.89. The van der Waals surface area contributed by atoms with Gasteiger partial charge in [0.15, 0.2) is 0 Å². The van der Waals surface area contributed by atoms with E-state index in [0.717, 1.165) is 33.9 Å². The first-order chi connectivity index (χ1) is 9.26. The first-order valence-electron chi connectivity index (χ1n) is 6.21. The molecule has 0 saturated heterocycles. The molecule has 3 aromatic rings. The van der Waals surface area contributed by atoms with E-state index in [4.69, 9.17) is 17.3 Å². The minimum Gasteiger partial charge on any atom is -0.338 e. The molecule has 2 aromatic carbocycles. The number of imidazole rings is 1. The summed E-state index contributed by atoms with van der Waals surface area (Å²) in [5.74, 6) is 0.858. The molecule has 0 fully saturated rings. The molecular weight excluding hydrogens is 258 g/mol. The fraction of sp³-hybridized carbons (Fsp3) is 0.133. The number of H-pyrrole nitrogens is 1. The predicted molar refractivity (Wildman–Crippen MR) is 79.3 cm³/mol. The van der Waals surface area contributed by atoms with Crippen LogP contribution in [0.2, 0.25) is 5.02 Å². The molecule has 1 heterocycles. The minimum absolute atomic E-state index is 0.656. The molecule has 0 saturated carbocycles. The van der Waals surface area contributed by atoms with Gasteiger partial charge in [0, 0.05) is 10.6 Å². The van der Waals surface area contributed by atoms with E-state index in [1.165, 1.54) is 5.56 Å². The average Bonchev–Trinajstić information content (AvgIpc) is 2.83. The number of benzene rings is 2. The van der Waals surface area contributed by atoms with Crippen molar-refractivity contribution in [1.82, 2.24) is 9.97 Å². The van der Waals surface area contributed by atoms with Crippen molar-refractivity contribution in [1.29, 1.82) is 0 Å². The molecule has 0 spiro atoms. The fourth-order valence-electron chi connectivity index (χ4n) is 2.12. The lowest BCUT2D eigenvalue weighted by molar-refractivity contribution is 0.970. The standard InChI is InChI=1S/C15H14ClN3/c16-12-4-2-11(3-5-12)15-18-13-6-1-10(7-8-17)9-14(13)19-15/h1-6,9H,7-8,17H2,(H,18,19). The predicted octanol–water partition coefficient (Wildman–Crippen LogP) is 3.38. The van der Waals surface area contributed by atoms with Gasteiger partial charge in [0.05, 0.1) is 11.0 Å². The van der Waals surface area contributed by atoms with Crippen molar-refractivity contribution < 1.29 is 0 Å². The maximum atomic E-state index is 5.89. The second-order valence-electron chi connectivity index (χ2n) is 4.48. The van der Waals surface area contributed by atoms with Crippen LogP contribution in [0.25, 0.3) is 22.4 Å². The molecule has 0 unspecified atom stereocenters. The molecule has 0 bridgehead atoms. The van der Waals surface area contributed by atoms with Crippen molar-refractivity contribution in [2.24, 2.45) is 5.73 Å². The van der Waals surface area contributed by atoms with Gasteiger partial charge in [-0.2, -0.15) is 0 Å². The van der Waals surface area contributed by atoms with Gasteiger partial charge >= 0.3 is 0 Å². The average molecular weight is 272 g/mol. The van der Waals surface area contributed by atoms with Gasteiger partial charge in [0.2, 0.25) is 0 Å². The van der Waals surface area contributed by atoms with E-state index in [-0.39, 0.29) is 0 Å².